The number of rotatable bonds is 0. The van der Waals surface area contributed by atoms with E-state index in [9.17, 15) is 0 Å². The topological polar surface area (TPSA) is 25.8 Å². The molecule has 0 aromatic carbocycles. The third-order valence-corrected chi connectivity index (χ3v) is 1.52. The molecule has 0 aliphatic heterocycles. The number of halogens is 1. The van der Waals surface area contributed by atoms with Crippen molar-refractivity contribution < 1.29 is 4.11 Å². The molecule has 0 saturated heterocycles. The molecule has 0 N–H and O–H groups in total. The molecule has 0 aliphatic rings. The van der Waals surface area contributed by atoms with Crippen LogP contribution in [0.5, 0.6) is 0 Å². The van der Waals surface area contributed by atoms with E-state index in [1.54, 1.807) is 0 Å². The van der Waals surface area contributed by atoms with Gasteiger partial charge >= 0.3 is 0 Å². The smallest absolute Gasteiger partial charge is 0.179 e. The van der Waals surface area contributed by atoms with Gasteiger partial charge in [-0.25, -0.2) is 4.98 Å². The van der Waals surface area contributed by atoms with E-state index >= 15 is 0 Å². The van der Waals surface area contributed by atoms with Crippen LogP contribution in [0.2, 0.25) is 0 Å². The van der Waals surface area contributed by atoms with Crippen LogP contribution in [0.1, 0.15) is 9.94 Å². The third-order valence-electron chi connectivity index (χ3n) is 0.401. The lowest BCUT2D eigenvalue weighted by molar-refractivity contribution is 1.15. The summed E-state index contributed by atoms with van der Waals surface area (Å²) in [6.07, 6.45) is 0. The van der Waals surface area contributed by atoms with Crippen molar-refractivity contribution in [2.75, 3.05) is 0 Å². The summed E-state index contributed by atoms with van der Waals surface area (Å²) in [5.74, 6) is -0.0932. The maximum Gasteiger partial charge on any atom is 0.179 e. The zero-order valence-electron chi connectivity index (χ0n) is 6.18. The molecular weight excluding hydrogens is 176 g/mol. The van der Waals surface area contributed by atoms with Gasteiger partial charge in [-0.3, -0.25) is 0 Å². The minimum atomic E-state index is -2.18. The van der Waals surface area contributed by atoms with Crippen LogP contribution in [-0.4, -0.2) is 9.36 Å². The zero-order chi connectivity index (χ0) is 7.78. The summed E-state index contributed by atoms with van der Waals surface area (Å²) in [4.78, 5) is 3.64. The Labute approximate surface area is 58.1 Å². The predicted molar refractivity (Wildman–Crippen MR) is 32.3 cm³/mol. The van der Waals surface area contributed by atoms with Crippen molar-refractivity contribution >= 4 is 27.5 Å². The van der Waals surface area contributed by atoms with Crippen LogP contribution >= 0.6 is 27.5 Å². The quantitative estimate of drug-likeness (QED) is 0.609. The molecule has 1 aromatic rings. The Morgan fingerprint density at radius 1 is 2.00 bits per heavy atom. The first-order valence-electron chi connectivity index (χ1n) is 3.00. The molecule has 0 unspecified atom stereocenters. The Kier molecular flexibility index (Phi) is 0.683. The van der Waals surface area contributed by atoms with E-state index in [2.05, 4.69) is 25.3 Å². The number of hydrogen-bond donors (Lipinski definition) is 0. The van der Waals surface area contributed by atoms with Crippen molar-refractivity contribution in [3.05, 3.63) is 9.74 Å². The lowest BCUT2D eigenvalue weighted by Gasteiger charge is -1.66. The van der Waals surface area contributed by atoms with Gasteiger partial charge in [0.25, 0.3) is 0 Å². The van der Waals surface area contributed by atoms with Gasteiger partial charge in [-0.15, -0.1) is 0 Å². The molecule has 2 nitrogen and oxygen atoms in total. The summed E-state index contributed by atoms with van der Waals surface area (Å²) in [5.41, 5.74) is 0. The van der Waals surface area contributed by atoms with Gasteiger partial charge in [0.2, 0.25) is 0 Å². The first-order valence-corrected chi connectivity index (χ1v) is 3.06. The van der Waals surface area contributed by atoms with E-state index in [-0.39, 0.29) is 5.82 Å². The lowest BCUT2D eigenvalue weighted by atomic mass is 10.8. The van der Waals surface area contributed by atoms with Gasteiger partial charge in [-0.1, -0.05) is 0 Å². The minimum absolute atomic E-state index is 0.0932. The van der Waals surface area contributed by atoms with Gasteiger partial charge in [-0.05, 0) is 34.3 Å². The maximum atomic E-state index is 6.88. The van der Waals surface area contributed by atoms with Crippen molar-refractivity contribution in [1.29, 1.82) is 0 Å². The molecule has 0 amide bonds. The molecule has 7 heavy (non-hydrogen) atoms. The summed E-state index contributed by atoms with van der Waals surface area (Å²) in [7, 11) is 0. The van der Waals surface area contributed by atoms with Crippen LogP contribution in [0, 0.1) is 6.85 Å². The maximum absolute atomic E-state index is 6.88. The van der Waals surface area contributed by atoms with Gasteiger partial charge < -0.3 is 0 Å². The highest BCUT2D eigenvalue weighted by Gasteiger charge is 1.90. The molecule has 0 saturated carbocycles. The predicted octanol–water partition coefficient (Wildman–Crippen LogP) is 1.61. The minimum Gasteiger partial charge on any atom is -0.213 e. The Morgan fingerprint density at radius 2 is 2.86 bits per heavy atom. The second-order valence-corrected chi connectivity index (χ2v) is 2.90. The average Bonchev–Trinajstić information content (AvgIpc) is 2.11. The fourth-order valence-corrected chi connectivity index (χ4v) is 0.920. The Morgan fingerprint density at radius 3 is 3.14 bits per heavy atom. The van der Waals surface area contributed by atoms with Gasteiger partial charge in [0.1, 0.15) is 5.82 Å². The highest BCUT2D eigenvalue weighted by molar-refractivity contribution is 9.11. The summed E-state index contributed by atoms with van der Waals surface area (Å²) in [6.45, 7) is -2.18. The van der Waals surface area contributed by atoms with Crippen LogP contribution in [-0.2, 0) is 0 Å². The largest absolute Gasteiger partial charge is 0.213 e. The van der Waals surface area contributed by atoms with Crippen LogP contribution in [0.25, 0.3) is 0 Å². The molecular formula is C3H3BrN2S. The van der Waals surface area contributed by atoms with Gasteiger partial charge in [-0.2, -0.15) is 4.37 Å². The molecule has 4 heteroatoms. The fourth-order valence-electron chi connectivity index (χ4n) is 0.205. The van der Waals surface area contributed by atoms with Crippen molar-refractivity contribution in [2.24, 2.45) is 0 Å². The molecule has 0 bridgehead atoms. The molecule has 1 aromatic heterocycles. The second kappa shape index (κ2) is 1.88. The Bertz CT molecular complexity index is 232. The van der Waals surface area contributed by atoms with E-state index in [4.69, 9.17) is 4.11 Å². The van der Waals surface area contributed by atoms with Crippen molar-refractivity contribution in [3.63, 3.8) is 0 Å². The first-order chi connectivity index (χ1) is 4.50. The second-order valence-electron chi connectivity index (χ2n) is 0.871. The number of nitrogens with zero attached hydrogens (tertiary/aromatic N) is 2. The molecule has 38 valence electrons. The van der Waals surface area contributed by atoms with Crippen LogP contribution in [0.15, 0.2) is 3.92 Å². The zero-order valence-corrected chi connectivity index (χ0v) is 5.58. The van der Waals surface area contributed by atoms with Crippen molar-refractivity contribution in [1.82, 2.24) is 9.36 Å². The van der Waals surface area contributed by atoms with E-state index in [0.29, 0.717) is 3.92 Å². The number of hydrogen-bond acceptors (Lipinski definition) is 3. The molecule has 1 heterocycles. The van der Waals surface area contributed by atoms with Crippen LogP contribution in [0.3, 0.4) is 0 Å². The van der Waals surface area contributed by atoms with Gasteiger partial charge in [0.05, 0.1) is 0 Å². The first kappa shape index (κ1) is 2.55. The highest BCUT2D eigenvalue weighted by Crippen LogP contribution is 2.10. The SMILES string of the molecule is [2H]C([2H])([2H])c1nsc(Br)n1. The molecule has 0 fully saturated rings. The van der Waals surface area contributed by atoms with E-state index in [1.165, 1.54) is 0 Å². The van der Waals surface area contributed by atoms with Gasteiger partial charge in [0.15, 0.2) is 3.92 Å². The summed E-state index contributed by atoms with van der Waals surface area (Å²) < 4.78 is 24.7. The molecule has 0 spiro atoms. The van der Waals surface area contributed by atoms with E-state index in [0.717, 1.165) is 11.5 Å². The fraction of sp³-hybridized carbons (Fsp3) is 0.333. The van der Waals surface area contributed by atoms with Gasteiger partial charge in [0, 0.05) is 4.11 Å². The van der Waals surface area contributed by atoms with E-state index in [1.807, 2.05) is 0 Å². The van der Waals surface area contributed by atoms with Crippen molar-refractivity contribution in [2.45, 2.75) is 6.85 Å². The Balaban J connectivity index is 2.96. The summed E-state index contributed by atoms with van der Waals surface area (Å²) in [5, 5.41) is 0. The average molecular weight is 182 g/mol. The molecule has 0 radical (unpaired) electrons. The van der Waals surface area contributed by atoms with Crippen LogP contribution in [0.4, 0.5) is 0 Å². The monoisotopic (exact) mass is 181 g/mol. The van der Waals surface area contributed by atoms with E-state index < -0.39 is 6.85 Å². The lowest BCUT2D eigenvalue weighted by Crippen LogP contribution is -1.67. The normalized spacial score (nSPS) is 17.6. The third kappa shape index (κ3) is 1.21. The van der Waals surface area contributed by atoms with Crippen LogP contribution < -0.4 is 0 Å². The van der Waals surface area contributed by atoms with Crippen molar-refractivity contribution in [3.8, 4) is 0 Å². The standard InChI is InChI=1S/C3H3BrN2S/c1-2-5-3(4)7-6-2/h1H3/i1D3. The number of aromatic nitrogens is 2. The number of aryl methyl sites for hydroxylation is 1. The summed E-state index contributed by atoms with van der Waals surface area (Å²) >= 11 is 4.05. The Hall–Kier alpha value is 0.0400. The molecule has 1 rings (SSSR count). The molecule has 0 aliphatic carbocycles. The summed E-state index contributed by atoms with van der Waals surface area (Å²) in [6, 6.07) is 0. The molecule has 0 atom stereocenters. The highest BCUT2D eigenvalue weighted by atomic mass is 79.9.